The quantitative estimate of drug-likeness (QED) is 0.113. The standard InChI is InChI=1S/C26H26N2O6/c1-17(29)18-11-13-19(14-12-18)27-26(32)34-24(9-3-2-4-10-25(31)28-33)22-15-16-23(30)21-8-6-5-7-20(21)22/h4-8,10-16,24,30,33H,2-3,9H2,1H3,(H,27,32)(H,28,31)/b10-4+/t24-/m1/s1. The predicted octanol–water partition coefficient (Wildman–Crippen LogP) is 5.27. The number of carbonyl (C=O) groups is 3. The number of hydrogen-bond donors (Lipinski definition) is 4. The molecule has 0 unspecified atom stereocenters. The Morgan fingerprint density at radius 2 is 1.71 bits per heavy atom. The molecule has 0 heterocycles. The largest absolute Gasteiger partial charge is 0.507 e. The summed E-state index contributed by atoms with van der Waals surface area (Å²) in [6, 6.07) is 17.1. The van der Waals surface area contributed by atoms with Crippen molar-refractivity contribution < 1.29 is 29.4 Å². The molecule has 0 aliphatic carbocycles. The highest BCUT2D eigenvalue weighted by Gasteiger charge is 2.20. The second kappa shape index (κ2) is 11.6. The number of hydroxylamine groups is 1. The maximum atomic E-state index is 12.7. The minimum Gasteiger partial charge on any atom is -0.507 e. The average molecular weight is 463 g/mol. The maximum absolute atomic E-state index is 12.7. The average Bonchev–Trinajstić information content (AvgIpc) is 2.83. The molecule has 3 aromatic carbocycles. The highest BCUT2D eigenvalue weighted by molar-refractivity contribution is 5.95. The number of aromatic hydroxyl groups is 1. The molecule has 3 aromatic rings. The number of anilines is 1. The van der Waals surface area contributed by atoms with Crippen molar-refractivity contribution in [2.75, 3.05) is 5.32 Å². The summed E-state index contributed by atoms with van der Waals surface area (Å²) >= 11 is 0. The zero-order chi connectivity index (χ0) is 24.5. The molecule has 8 nitrogen and oxygen atoms in total. The first kappa shape index (κ1) is 24.5. The Kier molecular flexibility index (Phi) is 8.37. The van der Waals surface area contributed by atoms with Crippen LogP contribution in [0.15, 0.2) is 72.8 Å². The molecule has 34 heavy (non-hydrogen) atoms. The van der Waals surface area contributed by atoms with Gasteiger partial charge in [-0.2, -0.15) is 0 Å². The van der Waals surface area contributed by atoms with Crippen LogP contribution in [0.1, 0.15) is 48.2 Å². The summed E-state index contributed by atoms with van der Waals surface area (Å²) in [5.41, 5.74) is 3.30. The Balaban J connectivity index is 1.78. The number of hydrogen-bond acceptors (Lipinski definition) is 6. The van der Waals surface area contributed by atoms with Crippen LogP contribution in [0.3, 0.4) is 0 Å². The van der Waals surface area contributed by atoms with Crippen LogP contribution in [0.25, 0.3) is 10.8 Å². The summed E-state index contributed by atoms with van der Waals surface area (Å²) in [6.45, 7) is 1.47. The van der Waals surface area contributed by atoms with Crippen molar-refractivity contribution in [3.8, 4) is 5.75 Å². The molecule has 2 amide bonds. The molecule has 0 aromatic heterocycles. The summed E-state index contributed by atoms with van der Waals surface area (Å²) in [4.78, 5) is 35.3. The molecule has 0 radical (unpaired) electrons. The molecule has 1 atom stereocenters. The van der Waals surface area contributed by atoms with Gasteiger partial charge in [0.15, 0.2) is 5.78 Å². The van der Waals surface area contributed by atoms with Gasteiger partial charge in [-0.3, -0.25) is 20.1 Å². The van der Waals surface area contributed by atoms with Gasteiger partial charge < -0.3 is 9.84 Å². The molecule has 0 saturated carbocycles. The van der Waals surface area contributed by atoms with Crippen molar-refractivity contribution in [1.29, 1.82) is 0 Å². The number of ether oxygens (including phenoxy) is 1. The second-order valence-corrected chi connectivity index (χ2v) is 7.68. The number of fused-ring (bicyclic) bond motifs is 1. The van der Waals surface area contributed by atoms with E-state index in [1.165, 1.54) is 18.5 Å². The molecule has 4 N–H and O–H groups in total. The fraction of sp³-hybridized carbons (Fsp3) is 0.192. The first-order valence-corrected chi connectivity index (χ1v) is 10.8. The minimum atomic E-state index is -0.659. The lowest BCUT2D eigenvalue weighted by Gasteiger charge is -2.21. The fourth-order valence-corrected chi connectivity index (χ4v) is 3.58. The topological polar surface area (TPSA) is 125 Å². The summed E-state index contributed by atoms with van der Waals surface area (Å²) in [6.07, 6.45) is 3.14. The lowest BCUT2D eigenvalue weighted by Crippen LogP contribution is -2.18. The minimum absolute atomic E-state index is 0.0704. The van der Waals surface area contributed by atoms with Crippen LogP contribution in [0.5, 0.6) is 5.75 Å². The van der Waals surface area contributed by atoms with Gasteiger partial charge in [-0.1, -0.05) is 36.4 Å². The van der Waals surface area contributed by atoms with E-state index in [4.69, 9.17) is 9.94 Å². The van der Waals surface area contributed by atoms with Crippen molar-refractivity contribution in [3.63, 3.8) is 0 Å². The number of carbonyl (C=O) groups excluding carboxylic acids is 3. The fourth-order valence-electron chi connectivity index (χ4n) is 3.58. The van der Waals surface area contributed by atoms with E-state index < -0.39 is 18.1 Å². The number of Topliss-reactive ketones (excluding diaryl/α,β-unsaturated/α-hetero) is 1. The van der Waals surface area contributed by atoms with Gasteiger partial charge in [0.05, 0.1) is 0 Å². The number of amides is 2. The van der Waals surface area contributed by atoms with E-state index in [9.17, 15) is 19.5 Å². The number of phenols is 1. The maximum Gasteiger partial charge on any atom is 0.412 e. The first-order valence-electron chi connectivity index (χ1n) is 10.8. The molecule has 0 saturated heterocycles. The van der Waals surface area contributed by atoms with E-state index in [2.05, 4.69) is 5.32 Å². The van der Waals surface area contributed by atoms with Crippen molar-refractivity contribution in [2.45, 2.75) is 32.3 Å². The Morgan fingerprint density at radius 3 is 2.38 bits per heavy atom. The van der Waals surface area contributed by atoms with E-state index in [0.717, 1.165) is 10.9 Å². The SMILES string of the molecule is CC(=O)c1ccc(NC(=O)O[C@H](CCC/C=C/C(=O)NO)c2ccc(O)c3ccccc23)cc1. The number of allylic oxidation sites excluding steroid dienone is 1. The third-order valence-corrected chi connectivity index (χ3v) is 5.29. The number of nitrogens with one attached hydrogen (secondary N) is 2. The molecule has 3 rings (SSSR count). The highest BCUT2D eigenvalue weighted by atomic mass is 16.6. The van der Waals surface area contributed by atoms with Crippen LogP contribution in [-0.2, 0) is 9.53 Å². The van der Waals surface area contributed by atoms with Crippen LogP contribution in [0.2, 0.25) is 0 Å². The zero-order valence-electron chi connectivity index (χ0n) is 18.7. The molecule has 0 fully saturated rings. The summed E-state index contributed by atoms with van der Waals surface area (Å²) in [7, 11) is 0. The van der Waals surface area contributed by atoms with Gasteiger partial charge in [0.25, 0.3) is 5.91 Å². The molecule has 0 spiro atoms. The lowest BCUT2D eigenvalue weighted by molar-refractivity contribution is -0.124. The van der Waals surface area contributed by atoms with Gasteiger partial charge in [-0.25, -0.2) is 10.3 Å². The monoisotopic (exact) mass is 462 g/mol. The van der Waals surface area contributed by atoms with Gasteiger partial charge in [-0.05, 0) is 61.9 Å². The highest BCUT2D eigenvalue weighted by Crippen LogP contribution is 2.34. The molecule has 0 bridgehead atoms. The van der Waals surface area contributed by atoms with E-state index in [1.54, 1.807) is 48.5 Å². The van der Waals surface area contributed by atoms with Crippen LogP contribution < -0.4 is 10.8 Å². The Hall–Kier alpha value is -4.17. The lowest BCUT2D eigenvalue weighted by atomic mass is 9.96. The summed E-state index contributed by atoms with van der Waals surface area (Å²) in [5, 5.41) is 22.9. The number of rotatable bonds is 9. The number of ketones is 1. The van der Waals surface area contributed by atoms with Crippen molar-refractivity contribution in [1.82, 2.24) is 5.48 Å². The summed E-state index contributed by atoms with van der Waals surface area (Å²) in [5.74, 6) is -0.558. The molecular weight excluding hydrogens is 436 g/mol. The number of benzene rings is 3. The third-order valence-electron chi connectivity index (χ3n) is 5.29. The van der Waals surface area contributed by atoms with Crippen molar-refractivity contribution in [2.24, 2.45) is 0 Å². The second-order valence-electron chi connectivity index (χ2n) is 7.68. The van der Waals surface area contributed by atoms with E-state index >= 15 is 0 Å². The van der Waals surface area contributed by atoms with Gasteiger partial charge in [0.1, 0.15) is 11.9 Å². The van der Waals surface area contributed by atoms with Crippen molar-refractivity contribution in [3.05, 3.63) is 83.9 Å². The zero-order valence-corrected chi connectivity index (χ0v) is 18.7. The van der Waals surface area contributed by atoms with Gasteiger partial charge in [0.2, 0.25) is 0 Å². The normalized spacial score (nSPS) is 11.8. The van der Waals surface area contributed by atoms with E-state index in [0.29, 0.717) is 35.9 Å². The van der Waals surface area contributed by atoms with Crippen LogP contribution in [0, 0.1) is 0 Å². The Morgan fingerprint density at radius 1 is 1.00 bits per heavy atom. The third kappa shape index (κ3) is 6.43. The Bertz CT molecular complexity index is 1200. The molecule has 176 valence electrons. The van der Waals surface area contributed by atoms with E-state index in [1.807, 2.05) is 18.2 Å². The smallest absolute Gasteiger partial charge is 0.412 e. The van der Waals surface area contributed by atoms with Gasteiger partial charge in [-0.15, -0.1) is 0 Å². The molecule has 8 heteroatoms. The van der Waals surface area contributed by atoms with Gasteiger partial charge >= 0.3 is 6.09 Å². The predicted molar refractivity (Wildman–Crippen MR) is 128 cm³/mol. The Labute approximate surface area is 196 Å². The summed E-state index contributed by atoms with van der Waals surface area (Å²) < 4.78 is 5.77. The molecule has 0 aliphatic rings. The van der Waals surface area contributed by atoms with Crippen molar-refractivity contribution >= 4 is 34.2 Å². The van der Waals surface area contributed by atoms with Gasteiger partial charge in [0, 0.05) is 28.3 Å². The number of unbranched alkanes of at least 4 members (excludes halogenated alkanes) is 1. The van der Waals surface area contributed by atoms with Crippen LogP contribution in [0.4, 0.5) is 10.5 Å². The first-order chi connectivity index (χ1) is 16.4. The molecular formula is C26H26N2O6. The van der Waals surface area contributed by atoms with Crippen LogP contribution >= 0.6 is 0 Å². The van der Waals surface area contributed by atoms with E-state index in [-0.39, 0.29) is 11.5 Å². The van der Waals surface area contributed by atoms with Crippen LogP contribution in [-0.4, -0.2) is 28.1 Å². The number of phenolic OH excluding ortho intramolecular Hbond substituents is 1. The molecule has 0 aliphatic heterocycles.